The third-order valence-corrected chi connectivity index (χ3v) is 4.47. The fraction of sp³-hybridized carbons (Fsp3) is 1.00. The van der Waals surface area contributed by atoms with E-state index in [1.165, 1.54) is 70.3 Å². The number of unbranched alkanes of at least 4 members (excludes halogenated alkanes) is 2. The Kier molecular flexibility index (Phi) is 9.21. The summed E-state index contributed by atoms with van der Waals surface area (Å²) in [6.45, 7) is 3.72. The molecule has 0 saturated carbocycles. The molecule has 0 aromatic carbocycles. The van der Waals surface area contributed by atoms with E-state index in [1.54, 1.807) is 0 Å². The van der Waals surface area contributed by atoms with Crippen molar-refractivity contribution in [2.75, 3.05) is 38.7 Å². The summed E-state index contributed by atoms with van der Waals surface area (Å²) in [5, 5.41) is 3.60. The number of rotatable bonds is 9. The van der Waals surface area contributed by atoms with E-state index in [4.69, 9.17) is 0 Å². The van der Waals surface area contributed by atoms with Crippen LogP contribution in [0.1, 0.15) is 44.9 Å². The van der Waals surface area contributed by atoms with Crippen molar-refractivity contribution in [1.82, 2.24) is 10.2 Å². The first kappa shape index (κ1) is 15.3. The Morgan fingerprint density at radius 3 is 2.82 bits per heavy atom. The Bertz CT molecular complexity index is 176. The number of hydrogen-bond donors (Lipinski definition) is 1. The largest absolute Gasteiger partial charge is 0.317 e. The predicted molar refractivity (Wildman–Crippen MR) is 80.0 cm³/mol. The van der Waals surface area contributed by atoms with Crippen LogP contribution in [0.3, 0.4) is 0 Å². The molecule has 0 aromatic rings. The topological polar surface area (TPSA) is 15.3 Å². The highest BCUT2D eigenvalue weighted by Gasteiger charge is 2.17. The van der Waals surface area contributed by atoms with E-state index >= 15 is 0 Å². The lowest BCUT2D eigenvalue weighted by molar-refractivity contribution is 0.175. The molecule has 102 valence electrons. The molecular formula is C14H30N2S. The van der Waals surface area contributed by atoms with E-state index in [1.807, 2.05) is 11.8 Å². The van der Waals surface area contributed by atoms with Crippen LogP contribution in [0, 0.1) is 0 Å². The summed E-state index contributed by atoms with van der Waals surface area (Å²) in [6.07, 6.45) is 11.9. The molecule has 3 heteroatoms. The van der Waals surface area contributed by atoms with Crippen molar-refractivity contribution in [2.45, 2.75) is 51.0 Å². The molecule has 1 atom stereocenters. The van der Waals surface area contributed by atoms with E-state index in [0.29, 0.717) is 0 Å². The van der Waals surface area contributed by atoms with Crippen molar-refractivity contribution < 1.29 is 0 Å². The first-order valence-electron chi connectivity index (χ1n) is 7.24. The lowest BCUT2D eigenvalue weighted by Crippen LogP contribution is -2.38. The number of thioether (sulfide) groups is 1. The number of piperidine rings is 1. The van der Waals surface area contributed by atoms with Crippen LogP contribution in [0.15, 0.2) is 0 Å². The Labute approximate surface area is 112 Å². The van der Waals surface area contributed by atoms with Gasteiger partial charge in [0.05, 0.1) is 0 Å². The molecule has 1 unspecified atom stereocenters. The second-order valence-corrected chi connectivity index (χ2v) is 6.21. The van der Waals surface area contributed by atoms with Crippen molar-refractivity contribution >= 4 is 11.8 Å². The molecule has 1 heterocycles. The van der Waals surface area contributed by atoms with Crippen LogP contribution in [0.25, 0.3) is 0 Å². The second-order valence-electron chi connectivity index (χ2n) is 5.22. The van der Waals surface area contributed by atoms with Gasteiger partial charge in [-0.2, -0.15) is 11.8 Å². The van der Waals surface area contributed by atoms with Gasteiger partial charge in [0, 0.05) is 6.04 Å². The minimum absolute atomic E-state index is 0.841. The first-order chi connectivity index (χ1) is 8.34. The summed E-state index contributed by atoms with van der Waals surface area (Å²) < 4.78 is 0. The molecule has 1 saturated heterocycles. The van der Waals surface area contributed by atoms with E-state index in [0.717, 1.165) is 6.04 Å². The average Bonchev–Trinajstić information content (AvgIpc) is 2.35. The Morgan fingerprint density at radius 1 is 1.18 bits per heavy atom. The highest BCUT2D eigenvalue weighted by molar-refractivity contribution is 7.98. The van der Waals surface area contributed by atoms with Crippen molar-refractivity contribution in [3.63, 3.8) is 0 Å². The van der Waals surface area contributed by atoms with Gasteiger partial charge in [0.15, 0.2) is 0 Å². The molecular weight excluding hydrogens is 228 g/mol. The van der Waals surface area contributed by atoms with Gasteiger partial charge in [-0.05, 0) is 70.8 Å². The summed E-state index contributed by atoms with van der Waals surface area (Å²) in [4.78, 5) is 2.55. The first-order valence-corrected chi connectivity index (χ1v) is 8.64. The van der Waals surface area contributed by atoms with Crippen LogP contribution in [0.2, 0.25) is 0 Å². The minimum Gasteiger partial charge on any atom is -0.317 e. The van der Waals surface area contributed by atoms with Crippen LogP contribution < -0.4 is 5.32 Å². The van der Waals surface area contributed by atoms with Gasteiger partial charge < -0.3 is 10.2 Å². The number of likely N-dealkylation sites (tertiary alicyclic amines) is 1. The van der Waals surface area contributed by atoms with Crippen molar-refractivity contribution in [1.29, 1.82) is 0 Å². The Morgan fingerprint density at radius 2 is 2.06 bits per heavy atom. The summed E-state index contributed by atoms with van der Waals surface area (Å²) in [5.41, 5.74) is 0. The Balaban J connectivity index is 1.86. The monoisotopic (exact) mass is 258 g/mol. The zero-order valence-corrected chi connectivity index (χ0v) is 12.5. The molecule has 1 fully saturated rings. The second kappa shape index (κ2) is 10.2. The molecule has 0 spiro atoms. The number of hydrogen-bond acceptors (Lipinski definition) is 3. The number of nitrogens with zero attached hydrogens (tertiary/aromatic N) is 1. The zero-order valence-electron chi connectivity index (χ0n) is 11.7. The van der Waals surface area contributed by atoms with E-state index in [-0.39, 0.29) is 0 Å². The van der Waals surface area contributed by atoms with Crippen LogP contribution in [0.4, 0.5) is 0 Å². The quantitative estimate of drug-likeness (QED) is 0.640. The van der Waals surface area contributed by atoms with Crippen LogP contribution in [-0.2, 0) is 0 Å². The van der Waals surface area contributed by atoms with Gasteiger partial charge in [-0.25, -0.2) is 0 Å². The zero-order chi connectivity index (χ0) is 12.3. The molecule has 1 N–H and O–H groups in total. The van der Waals surface area contributed by atoms with Gasteiger partial charge in [-0.15, -0.1) is 0 Å². The maximum Gasteiger partial charge on any atom is 0.0104 e. The fourth-order valence-corrected chi connectivity index (χ4v) is 3.07. The third kappa shape index (κ3) is 7.32. The van der Waals surface area contributed by atoms with Gasteiger partial charge in [-0.3, -0.25) is 0 Å². The van der Waals surface area contributed by atoms with Gasteiger partial charge in [-0.1, -0.05) is 12.8 Å². The summed E-state index contributed by atoms with van der Waals surface area (Å²) in [7, 11) is 2.28. The minimum atomic E-state index is 0.841. The number of nitrogens with one attached hydrogen (secondary N) is 1. The molecule has 0 radical (unpaired) electrons. The SMILES string of the molecule is CSCCCCCNCCC1CCCCN1C. The molecule has 17 heavy (non-hydrogen) atoms. The molecule has 0 aromatic heterocycles. The molecule has 1 rings (SSSR count). The maximum atomic E-state index is 3.60. The fourth-order valence-electron chi connectivity index (χ4n) is 2.58. The van der Waals surface area contributed by atoms with E-state index in [9.17, 15) is 0 Å². The maximum absolute atomic E-state index is 3.60. The highest BCUT2D eigenvalue weighted by atomic mass is 32.2. The van der Waals surface area contributed by atoms with Gasteiger partial charge >= 0.3 is 0 Å². The standard InChI is InChI=1S/C14H30N2S/c1-16-12-6-4-8-14(16)9-11-15-10-5-3-7-13-17-2/h14-15H,3-13H2,1-2H3. The van der Waals surface area contributed by atoms with Gasteiger partial charge in [0.2, 0.25) is 0 Å². The Hall–Kier alpha value is 0.270. The van der Waals surface area contributed by atoms with Gasteiger partial charge in [0.1, 0.15) is 0 Å². The van der Waals surface area contributed by atoms with Crippen molar-refractivity contribution in [3.8, 4) is 0 Å². The molecule has 0 aliphatic carbocycles. The van der Waals surface area contributed by atoms with Crippen LogP contribution in [-0.4, -0.2) is 49.6 Å². The predicted octanol–water partition coefficient (Wildman–Crippen LogP) is 2.98. The molecule has 1 aliphatic rings. The van der Waals surface area contributed by atoms with Gasteiger partial charge in [0.25, 0.3) is 0 Å². The summed E-state index contributed by atoms with van der Waals surface area (Å²) in [5.74, 6) is 1.33. The molecule has 0 bridgehead atoms. The summed E-state index contributed by atoms with van der Waals surface area (Å²) >= 11 is 1.96. The van der Waals surface area contributed by atoms with Crippen LogP contribution in [0.5, 0.6) is 0 Å². The molecule has 0 amide bonds. The molecule has 1 aliphatic heterocycles. The normalized spacial score (nSPS) is 21.9. The smallest absolute Gasteiger partial charge is 0.0104 e. The summed E-state index contributed by atoms with van der Waals surface area (Å²) in [6, 6.07) is 0.841. The highest BCUT2D eigenvalue weighted by Crippen LogP contribution is 2.16. The van der Waals surface area contributed by atoms with Crippen molar-refractivity contribution in [3.05, 3.63) is 0 Å². The van der Waals surface area contributed by atoms with E-state index < -0.39 is 0 Å². The molecule has 2 nitrogen and oxygen atoms in total. The van der Waals surface area contributed by atoms with Crippen LogP contribution >= 0.6 is 11.8 Å². The average molecular weight is 258 g/mol. The van der Waals surface area contributed by atoms with Crippen molar-refractivity contribution in [2.24, 2.45) is 0 Å². The van der Waals surface area contributed by atoms with E-state index in [2.05, 4.69) is 23.5 Å². The third-order valence-electron chi connectivity index (χ3n) is 3.78. The lowest BCUT2D eigenvalue weighted by Gasteiger charge is -2.32. The lowest BCUT2D eigenvalue weighted by atomic mass is 10.0.